The molecule has 1 aliphatic rings. The number of aromatic nitrogens is 3. The molecule has 0 aromatic carbocycles. The summed E-state index contributed by atoms with van der Waals surface area (Å²) in [5, 5.41) is 1.09. The fourth-order valence-corrected chi connectivity index (χ4v) is 4.34. The lowest BCUT2D eigenvalue weighted by atomic mass is 10.1. The number of anilines is 1. The molecule has 2 N–H and O–H groups in total. The van der Waals surface area contributed by atoms with E-state index in [1.54, 1.807) is 17.5 Å². The third-order valence-corrected chi connectivity index (χ3v) is 5.30. The monoisotopic (exact) mass is 296 g/mol. The normalized spacial score (nSPS) is 13.8. The van der Waals surface area contributed by atoms with E-state index in [0.717, 1.165) is 46.4 Å². The van der Waals surface area contributed by atoms with E-state index in [-0.39, 0.29) is 0 Å². The summed E-state index contributed by atoms with van der Waals surface area (Å²) in [6.45, 7) is 2.11. The molecule has 106 valence electrons. The van der Waals surface area contributed by atoms with Crippen LogP contribution in [0.4, 0.5) is 5.82 Å². The Bertz CT molecular complexity index is 838. The van der Waals surface area contributed by atoms with Crippen LogP contribution < -0.4 is 5.73 Å². The molecule has 3 aromatic heterocycles. The van der Waals surface area contributed by atoms with E-state index in [2.05, 4.69) is 16.9 Å². The van der Waals surface area contributed by atoms with Gasteiger partial charge in [-0.05, 0) is 42.9 Å². The van der Waals surface area contributed by atoms with E-state index in [0.29, 0.717) is 5.82 Å². The minimum Gasteiger partial charge on any atom is -0.383 e. The third-order valence-electron chi connectivity index (χ3n) is 4.12. The van der Waals surface area contributed by atoms with Crippen molar-refractivity contribution in [3.8, 4) is 11.4 Å². The molecule has 21 heavy (non-hydrogen) atoms. The maximum Gasteiger partial charge on any atom is 0.163 e. The van der Waals surface area contributed by atoms with Crippen molar-refractivity contribution in [2.75, 3.05) is 5.73 Å². The Morgan fingerprint density at radius 1 is 1.29 bits per heavy atom. The topological polar surface area (TPSA) is 64.7 Å². The Morgan fingerprint density at radius 2 is 2.19 bits per heavy atom. The van der Waals surface area contributed by atoms with E-state index in [1.807, 2.05) is 12.3 Å². The SMILES string of the molecule is CCc1cnccc1-c1nc(N)c2c3c(sc2n1)CCC3. The number of aryl methyl sites for hydroxylation is 3. The molecule has 4 rings (SSSR count). The zero-order valence-electron chi connectivity index (χ0n) is 11.9. The van der Waals surface area contributed by atoms with Gasteiger partial charge in [-0.3, -0.25) is 4.98 Å². The summed E-state index contributed by atoms with van der Waals surface area (Å²) in [4.78, 5) is 16.0. The molecular weight excluding hydrogens is 280 g/mol. The van der Waals surface area contributed by atoms with Crippen LogP contribution in [0.15, 0.2) is 18.5 Å². The summed E-state index contributed by atoms with van der Waals surface area (Å²) < 4.78 is 0. The van der Waals surface area contributed by atoms with Crippen molar-refractivity contribution in [2.45, 2.75) is 32.6 Å². The van der Waals surface area contributed by atoms with Gasteiger partial charge in [-0.1, -0.05) is 6.92 Å². The first-order chi connectivity index (χ1) is 10.3. The van der Waals surface area contributed by atoms with Crippen LogP contribution in [-0.4, -0.2) is 15.0 Å². The zero-order chi connectivity index (χ0) is 14.4. The summed E-state index contributed by atoms with van der Waals surface area (Å²) in [6, 6.07) is 1.97. The smallest absolute Gasteiger partial charge is 0.163 e. The van der Waals surface area contributed by atoms with Gasteiger partial charge in [-0.25, -0.2) is 9.97 Å². The van der Waals surface area contributed by atoms with Crippen molar-refractivity contribution in [1.82, 2.24) is 15.0 Å². The van der Waals surface area contributed by atoms with Crippen molar-refractivity contribution in [2.24, 2.45) is 0 Å². The fourth-order valence-electron chi connectivity index (χ4n) is 3.07. The van der Waals surface area contributed by atoms with E-state index in [1.165, 1.54) is 16.9 Å². The molecule has 1 aliphatic carbocycles. The van der Waals surface area contributed by atoms with Gasteiger partial charge in [0.2, 0.25) is 0 Å². The summed E-state index contributed by atoms with van der Waals surface area (Å²) in [5.41, 5.74) is 9.81. The molecule has 0 amide bonds. The van der Waals surface area contributed by atoms with E-state index in [4.69, 9.17) is 10.7 Å². The van der Waals surface area contributed by atoms with Crippen LogP contribution in [0.2, 0.25) is 0 Å². The molecule has 0 spiro atoms. The molecule has 4 nitrogen and oxygen atoms in total. The number of nitrogens with two attached hydrogens (primary N) is 1. The minimum atomic E-state index is 0.619. The van der Waals surface area contributed by atoms with Crippen LogP contribution >= 0.6 is 11.3 Å². The standard InChI is InChI=1S/C16H16N4S/c1-2-9-8-18-7-6-10(9)15-19-14(17)13-11-4-3-5-12(11)21-16(13)20-15/h6-8H,2-5H2,1H3,(H2,17,19,20). The Labute approximate surface area is 127 Å². The van der Waals surface area contributed by atoms with Gasteiger partial charge in [0.05, 0.1) is 5.39 Å². The maximum absolute atomic E-state index is 6.24. The Balaban J connectivity index is 1.95. The summed E-state index contributed by atoms with van der Waals surface area (Å²) in [5.74, 6) is 1.34. The highest BCUT2D eigenvalue weighted by Gasteiger charge is 2.22. The highest BCUT2D eigenvalue weighted by atomic mass is 32.1. The second-order valence-electron chi connectivity index (χ2n) is 5.36. The Kier molecular flexibility index (Phi) is 2.89. The molecule has 0 atom stereocenters. The fraction of sp³-hybridized carbons (Fsp3) is 0.312. The zero-order valence-corrected chi connectivity index (χ0v) is 12.7. The van der Waals surface area contributed by atoms with Crippen LogP contribution in [0.1, 0.15) is 29.3 Å². The third kappa shape index (κ3) is 1.92. The Morgan fingerprint density at radius 3 is 3.05 bits per heavy atom. The predicted molar refractivity (Wildman–Crippen MR) is 86.5 cm³/mol. The van der Waals surface area contributed by atoms with E-state index < -0.39 is 0 Å². The number of thiophene rings is 1. The summed E-state index contributed by atoms with van der Waals surface area (Å²) in [6.07, 6.45) is 8.06. The lowest BCUT2D eigenvalue weighted by molar-refractivity contribution is 0.917. The molecular formula is C16H16N4S. The molecule has 5 heteroatoms. The molecule has 3 heterocycles. The van der Waals surface area contributed by atoms with Crippen molar-refractivity contribution in [3.05, 3.63) is 34.5 Å². The Hall–Kier alpha value is -2.01. The van der Waals surface area contributed by atoms with Gasteiger partial charge in [0.25, 0.3) is 0 Å². The predicted octanol–water partition coefficient (Wildman–Crippen LogP) is 3.39. The maximum atomic E-state index is 6.24. The van der Waals surface area contributed by atoms with Gasteiger partial charge in [-0.15, -0.1) is 11.3 Å². The highest BCUT2D eigenvalue weighted by molar-refractivity contribution is 7.19. The quantitative estimate of drug-likeness (QED) is 0.787. The van der Waals surface area contributed by atoms with Crippen LogP contribution in [0.5, 0.6) is 0 Å². The van der Waals surface area contributed by atoms with Crippen molar-refractivity contribution >= 4 is 27.4 Å². The number of nitrogen functional groups attached to an aromatic ring is 1. The van der Waals surface area contributed by atoms with Gasteiger partial charge in [0.15, 0.2) is 5.82 Å². The van der Waals surface area contributed by atoms with Gasteiger partial charge < -0.3 is 5.73 Å². The van der Waals surface area contributed by atoms with Crippen molar-refractivity contribution in [3.63, 3.8) is 0 Å². The first kappa shape index (κ1) is 12.7. The van der Waals surface area contributed by atoms with Gasteiger partial charge in [0.1, 0.15) is 10.6 Å². The lowest BCUT2D eigenvalue weighted by Gasteiger charge is -2.07. The average molecular weight is 296 g/mol. The molecule has 3 aromatic rings. The van der Waals surface area contributed by atoms with E-state index >= 15 is 0 Å². The number of hydrogen-bond donors (Lipinski definition) is 1. The molecule has 0 fully saturated rings. The average Bonchev–Trinajstić information content (AvgIpc) is 3.07. The summed E-state index contributed by atoms with van der Waals surface area (Å²) in [7, 11) is 0. The van der Waals surface area contributed by atoms with Crippen LogP contribution in [0, 0.1) is 0 Å². The van der Waals surface area contributed by atoms with Gasteiger partial charge in [0, 0.05) is 22.8 Å². The van der Waals surface area contributed by atoms with Crippen LogP contribution in [0.25, 0.3) is 21.6 Å². The number of fused-ring (bicyclic) bond motifs is 3. The van der Waals surface area contributed by atoms with Crippen LogP contribution in [0.3, 0.4) is 0 Å². The number of rotatable bonds is 2. The number of pyridine rings is 1. The second kappa shape index (κ2) is 4.77. The largest absolute Gasteiger partial charge is 0.383 e. The molecule has 0 saturated heterocycles. The first-order valence-electron chi connectivity index (χ1n) is 7.29. The number of hydrogen-bond acceptors (Lipinski definition) is 5. The van der Waals surface area contributed by atoms with Gasteiger partial charge >= 0.3 is 0 Å². The lowest BCUT2D eigenvalue weighted by Crippen LogP contribution is -1.99. The van der Waals surface area contributed by atoms with Gasteiger partial charge in [-0.2, -0.15) is 0 Å². The molecule has 0 unspecified atom stereocenters. The highest BCUT2D eigenvalue weighted by Crippen LogP contribution is 2.39. The molecule has 0 radical (unpaired) electrons. The van der Waals surface area contributed by atoms with E-state index in [9.17, 15) is 0 Å². The number of nitrogens with zero attached hydrogens (tertiary/aromatic N) is 3. The summed E-state index contributed by atoms with van der Waals surface area (Å²) >= 11 is 1.78. The van der Waals surface area contributed by atoms with Crippen LogP contribution in [-0.2, 0) is 19.3 Å². The molecule has 0 bridgehead atoms. The minimum absolute atomic E-state index is 0.619. The molecule has 0 saturated carbocycles. The van der Waals surface area contributed by atoms with Crippen molar-refractivity contribution < 1.29 is 0 Å². The molecule has 0 aliphatic heterocycles. The second-order valence-corrected chi connectivity index (χ2v) is 6.44. The first-order valence-corrected chi connectivity index (χ1v) is 8.10. The van der Waals surface area contributed by atoms with Crippen molar-refractivity contribution in [1.29, 1.82) is 0 Å².